The first kappa shape index (κ1) is 21.4. The number of carbonyl (C=O) groups is 3. The van der Waals surface area contributed by atoms with Crippen LogP contribution in [-0.2, 0) is 16.1 Å². The molecule has 2 N–H and O–H groups in total. The van der Waals surface area contributed by atoms with Crippen LogP contribution in [0.3, 0.4) is 0 Å². The van der Waals surface area contributed by atoms with Crippen LogP contribution in [0.5, 0.6) is 0 Å². The van der Waals surface area contributed by atoms with E-state index in [2.05, 4.69) is 10.6 Å². The number of nitrogens with one attached hydrogen (secondary N) is 2. The van der Waals surface area contributed by atoms with Gasteiger partial charge in [-0.2, -0.15) is 0 Å². The molecule has 8 heteroatoms. The van der Waals surface area contributed by atoms with E-state index in [9.17, 15) is 18.8 Å². The molecular weight excluding hydrogens is 417 g/mol. The maximum absolute atomic E-state index is 13.2. The molecule has 0 spiro atoms. The van der Waals surface area contributed by atoms with E-state index in [0.717, 1.165) is 11.1 Å². The van der Waals surface area contributed by atoms with Crippen LogP contribution < -0.4 is 10.6 Å². The number of rotatable bonds is 5. The summed E-state index contributed by atoms with van der Waals surface area (Å²) in [6, 6.07) is 11.8. The number of amides is 3. The Kier molecular flexibility index (Phi) is 5.51. The standard InChI is InChI=1S/C23H24FN3O3S/c1-13(19(28)25-12-14-8-10-15(24)11-9-14)26-20(29)18-23(2,3)31-22-17-7-5-4-6-16(17)21(30)27(18)22/h4-11,13,18,22H,12H2,1-3H3,(H,25,28)(H,26,29)/t13-,18+,22-/m0/s1. The van der Waals surface area contributed by atoms with Crippen LogP contribution >= 0.6 is 11.8 Å². The molecule has 2 aliphatic heterocycles. The van der Waals surface area contributed by atoms with Crippen LogP contribution in [0.15, 0.2) is 48.5 Å². The van der Waals surface area contributed by atoms with E-state index in [0.29, 0.717) is 5.56 Å². The van der Waals surface area contributed by atoms with E-state index < -0.39 is 16.8 Å². The van der Waals surface area contributed by atoms with Gasteiger partial charge in [-0.15, -0.1) is 11.8 Å². The molecule has 0 aliphatic carbocycles. The van der Waals surface area contributed by atoms with Gasteiger partial charge in [0.05, 0.1) is 0 Å². The molecule has 2 aromatic carbocycles. The van der Waals surface area contributed by atoms with Gasteiger partial charge in [-0.05, 0) is 50.1 Å². The van der Waals surface area contributed by atoms with Crippen LogP contribution in [0.25, 0.3) is 0 Å². The molecule has 162 valence electrons. The van der Waals surface area contributed by atoms with Crippen LogP contribution in [0.1, 0.15) is 47.6 Å². The number of benzene rings is 2. The van der Waals surface area contributed by atoms with Gasteiger partial charge in [0.25, 0.3) is 5.91 Å². The number of halogens is 1. The van der Waals surface area contributed by atoms with Crippen molar-refractivity contribution in [3.05, 3.63) is 71.0 Å². The second-order valence-electron chi connectivity index (χ2n) is 8.35. The van der Waals surface area contributed by atoms with E-state index in [1.807, 2.05) is 32.0 Å². The van der Waals surface area contributed by atoms with Gasteiger partial charge in [0.15, 0.2) is 0 Å². The zero-order valence-corrected chi connectivity index (χ0v) is 18.3. The Morgan fingerprint density at radius 1 is 1.16 bits per heavy atom. The highest BCUT2D eigenvalue weighted by Crippen LogP contribution is 2.56. The molecule has 0 bridgehead atoms. The first-order valence-corrected chi connectivity index (χ1v) is 11.0. The van der Waals surface area contributed by atoms with Crippen molar-refractivity contribution in [3.63, 3.8) is 0 Å². The molecule has 1 saturated heterocycles. The lowest BCUT2D eigenvalue weighted by Crippen LogP contribution is -2.56. The van der Waals surface area contributed by atoms with Gasteiger partial charge in [-0.1, -0.05) is 30.3 Å². The number of hydrogen-bond acceptors (Lipinski definition) is 4. The lowest BCUT2D eigenvalue weighted by atomic mass is 10.0. The largest absolute Gasteiger partial charge is 0.350 e. The maximum atomic E-state index is 13.2. The minimum atomic E-state index is -0.784. The topological polar surface area (TPSA) is 78.5 Å². The number of thioether (sulfide) groups is 1. The molecule has 0 unspecified atom stereocenters. The maximum Gasteiger partial charge on any atom is 0.256 e. The van der Waals surface area contributed by atoms with Crippen LogP contribution in [0.2, 0.25) is 0 Å². The van der Waals surface area contributed by atoms with Crippen molar-refractivity contribution in [2.75, 3.05) is 0 Å². The number of hydrogen-bond donors (Lipinski definition) is 2. The van der Waals surface area contributed by atoms with Crippen molar-refractivity contribution in [2.24, 2.45) is 0 Å². The molecule has 2 aliphatic rings. The molecule has 1 fully saturated rings. The monoisotopic (exact) mass is 441 g/mol. The minimum Gasteiger partial charge on any atom is -0.350 e. The van der Waals surface area contributed by atoms with E-state index in [1.165, 1.54) is 12.1 Å². The van der Waals surface area contributed by atoms with Crippen molar-refractivity contribution in [1.29, 1.82) is 0 Å². The first-order valence-electron chi connectivity index (χ1n) is 10.1. The van der Waals surface area contributed by atoms with Crippen molar-refractivity contribution >= 4 is 29.5 Å². The highest BCUT2D eigenvalue weighted by molar-refractivity contribution is 8.01. The van der Waals surface area contributed by atoms with E-state index in [-0.39, 0.29) is 35.5 Å². The summed E-state index contributed by atoms with van der Waals surface area (Å²) in [5.41, 5.74) is 2.30. The normalized spacial score (nSPS) is 21.9. The number of carbonyl (C=O) groups excluding carboxylic acids is 3. The third kappa shape index (κ3) is 3.92. The zero-order chi connectivity index (χ0) is 22.3. The summed E-state index contributed by atoms with van der Waals surface area (Å²) in [6.07, 6.45) is 0. The summed E-state index contributed by atoms with van der Waals surface area (Å²) in [7, 11) is 0. The van der Waals surface area contributed by atoms with Crippen molar-refractivity contribution in [3.8, 4) is 0 Å². The zero-order valence-electron chi connectivity index (χ0n) is 17.5. The van der Waals surface area contributed by atoms with Crippen LogP contribution in [-0.4, -0.2) is 39.5 Å². The van der Waals surface area contributed by atoms with Crippen molar-refractivity contribution < 1.29 is 18.8 Å². The van der Waals surface area contributed by atoms with Gasteiger partial charge in [-0.3, -0.25) is 14.4 Å². The fourth-order valence-electron chi connectivity index (χ4n) is 4.11. The summed E-state index contributed by atoms with van der Waals surface area (Å²) in [6.45, 7) is 5.71. The fourth-order valence-corrected chi connectivity index (χ4v) is 5.70. The highest BCUT2D eigenvalue weighted by Gasteiger charge is 2.57. The van der Waals surface area contributed by atoms with Gasteiger partial charge in [0.2, 0.25) is 11.8 Å². The Morgan fingerprint density at radius 2 is 1.84 bits per heavy atom. The Morgan fingerprint density at radius 3 is 2.55 bits per heavy atom. The van der Waals surface area contributed by atoms with Gasteiger partial charge in [-0.25, -0.2) is 4.39 Å². The van der Waals surface area contributed by atoms with Crippen molar-refractivity contribution in [1.82, 2.24) is 15.5 Å². The number of nitrogens with zero attached hydrogens (tertiary/aromatic N) is 1. The van der Waals surface area contributed by atoms with Gasteiger partial charge in [0, 0.05) is 16.9 Å². The molecule has 31 heavy (non-hydrogen) atoms. The summed E-state index contributed by atoms with van der Waals surface area (Å²) in [5.74, 6) is -1.21. The molecule has 4 rings (SSSR count). The van der Waals surface area contributed by atoms with Gasteiger partial charge >= 0.3 is 0 Å². The average Bonchev–Trinajstić information content (AvgIpc) is 3.16. The summed E-state index contributed by atoms with van der Waals surface area (Å²) in [4.78, 5) is 40.3. The van der Waals surface area contributed by atoms with Crippen LogP contribution in [0, 0.1) is 5.82 Å². The van der Waals surface area contributed by atoms with Crippen molar-refractivity contribution in [2.45, 2.75) is 49.5 Å². The fraction of sp³-hybridized carbons (Fsp3) is 0.348. The first-order chi connectivity index (χ1) is 14.7. The second kappa shape index (κ2) is 8.00. The SMILES string of the molecule is C[C@H](NC(=O)[C@H]1N2C(=O)c3ccccc3[C@@H]2SC1(C)C)C(=O)NCc1ccc(F)cc1. The summed E-state index contributed by atoms with van der Waals surface area (Å²) >= 11 is 1.58. The lowest BCUT2D eigenvalue weighted by Gasteiger charge is -2.30. The molecule has 3 amide bonds. The Hall–Kier alpha value is -2.87. The predicted octanol–water partition coefficient (Wildman–Crippen LogP) is 3.00. The Bertz CT molecular complexity index is 1040. The Labute approximate surface area is 184 Å². The molecule has 0 saturated carbocycles. The van der Waals surface area contributed by atoms with E-state index >= 15 is 0 Å². The number of fused-ring (bicyclic) bond motifs is 3. The Balaban J connectivity index is 1.43. The third-order valence-corrected chi connectivity index (χ3v) is 7.21. The minimum absolute atomic E-state index is 0.160. The lowest BCUT2D eigenvalue weighted by molar-refractivity contribution is -0.131. The predicted molar refractivity (Wildman–Crippen MR) is 117 cm³/mol. The average molecular weight is 442 g/mol. The molecule has 2 aromatic rings. The highest BCUT2D eigenvalue weighted by atomic mass is 32.2. The van der Waals surface area contributed by atoms with Gasteiger partial charge < -0.3 is 15.5 Å². The molecule has 0 radical (unpaired) electrons. The molecule has 3 atom stereocenters. The molecule has 0 aromatic heterocycles. The second-order valence-corrected chi connectivity index (χ2v) is 10.1. The molecule has 2 heterocycles. The van der Waals surface area contributed by atoms with Crippen LogP contribution in [0.4, 0.5) is 4.39 Å². The van der Waals surface area contributed by atoms with Gasteiger partial charge in [0.1, 0.15) is 23.3 Å². The summed E-state index contributed by atoms with van der Waals surface area (Å²) < 4.78 is 12.5. The third-order valence-electron chi connectivity index (χ3n) is 5.68. The quantitative estimate of drug-likeness (QED) is 0.748. The molecular formula is C23H24FN3O3S. The summed E-state index contributed by atoms with van der Waals surface area (Å²) in [5, 5.41) is 5.30. The van der Waals surface area contributed by atoms with E-state index in [4.69, 9.17) is 0 Å². The smallest absolute Gasteiger partial charge is 0.256 e. The van der Waals surface area contributed by atoms with E-state index in [1.54, 1.807) is 41.8 Å². The molecule has 6 nitrogen and oxygen atoms in total.